The van der Waals surface area contributed by atoms with Crippen LogP contribution >= 0.6 is 34.4 Å². The van der Waals surface area contributed by atoms with Crippen LogP contribution in [0.25, 0.3) is 0 Å². The van der Waals surface area contributed by atoms with Gasteiger partial charge in [-0.2, -0.15) is 24.9 Å². The van der Waals surface area contributed by atoms with Crippen molar-refractivity contribution in [3.8, 4) is 0 Å². The molecule has 2 N–H and O–H groups in total. The van der Waals surface area contributed by atoms with E-state index in [-0.39, 0.29) is 59.7 Å². The van der Waals surface area contributed by atoms with Gasteiger partial charge in [0, 0.05) is 55.6 Å². The van der Waals surface area contributed by atoms with Crippen LogP contribution in [-0.2, 0) is 41.2 Å². The fourth-order valence-electron chi connectivity index (χ4n) is 6.82. The van der Waals surface area contributed by atoms with E-state index < -0.39 is 59.9 Å². The summed E-state index contributed by atoms with van der Waals surface area (Å²) in [5, 5.41) is 8.68. The van der Waals surface area contributed by atoms with Gasteiger partial charge in [-0.3, -0.25) is 28.9 Å². The Balaban J connectivity index is 1.51. The largest absolute Gasteiger partial charge is 0.469 e. The molecule has 19 heteroatoms. The molecule has 2 aromatic heterocycles. The lowest BCUT2D eigenvalue weighted by atomic mass is 9.93. The SMILES string of the molecule is COC(=O)[C@@H](C)C[C@H](Cc1nc(C(F)(F)F)cs1)NC(=O)c1csc([C@@H](C[C@H](C(C)C)N(C)C(=O)[C@@H](NC(=O)[C@H]2CCCCN2C)C2CSC2)OC(C)=O)n1. The van der Waals surface area contributed by atoms with Crippen molar-refractivity contribution >= 4 is 64.1 Å². The first kappa shape index (κ1) is 44.4. The van der Waals surface area contributed by atoms with Crippen molar-refractivity contribution in [3.05, 3.63) is 32.2 Å². The molecular weight excluding hydrogens is 782 g/mol. The minimum Gasteiger partial charge on any atom is -0.469 e. The number of amides is 3. The number of alkyl halides is 3. The van der Waals surface area contributed by atoms with E-state index >= 15 is 0 Å². The van der Waals surface area contributed by atoms with Gasteiger partial charge in [0.2, 0.25) is 11.8 Å². The molecule has 13 nitrogen and oxygen atoms in total. The van der Waals surface area contributed by atoms with Gasteiger partial charge in [0.15, 0.2) is 11.8 Å². The second-order valence-corrected chi connectivity index (χ2v) is 17.5. The highest BCUT2D eigenvalue weighted by atomic mass is 32.2. The maximum absolute atomic E-state index is 14.2. The number of nitrogens with one attached hydrogen (secondary N) is 2. The Kier molecular flexibility index (Phi) is 15.9. The second-order valence-electron chi connectivity index (χ2n) is 14.6. The van der Waals surface area contributed by atoms with Gasteiger partial charge in [-0.25, -0.2) is 9.97 Å². The van der Waals surface area contributed by atoms with E-state index in [4.69, 9.17) is 9.47 Å². The average Bonchev–Trinajstić information content (AvgIpc) is 3.79. The summed E-state index contributed by atoms with van der Waals surface area (Å²) in [7, 11) is 4.83. The standard InChI is InChI=1S/C36H51F3N6O7S3/c1-19(2)26(45(6)34(49)30(22-15-53-16-22)43-32(48)25-10-8-9-11-44(25)5)14-27(52-21(4)46)33-41-24(17-55-33)31(47)40-23(12-20(3)35(50)51-7)13-29-42-28(18-54-29)36(37,38)39/h17-20,22-23,25-27,30H,8-16H2,1-7H3,(H,40,47)(H,43,48)/t20-,23+,25+,26+,27+,30-/m0/s1. The molecule has 6 atom stereocenters. The first-order chi connectivity index (χ1) is 25.9. The second kappa shape index (κ2) is 19.7. The number of likely N-dealkylation sites (tertiary alicyclic amines) is 1. The van der Waals surface area contributed by atoms with E-state index in [9.17, 15) is 37.1 Å². The molecule has 3 amide bonds. The third-order valence-electron chi connectivity index (χ3n) is 10.0. The summed E-state index contributed by atoms with van der Waals surface area (Å²) >= 11 is 3.60. The molecule has 2 aliphatic rings. The van der Waals surface area contributed by atoms with Crippen LogP contribution in [0.3, 0.4) is 0 Å². The van der Waals surface area contributed by atoms with Crippen molar-refractivity contribution in [3.63, 3.8) is 0 Å². The van der Waals surface area contributed by atoms with Gasteiger partial charge in [-0.15, -0.1) is 22.7 Å². The molecule has 0 aliphatic carbocycles. The number of nitrogens with zero attached hydrogens (tertiary/aromatic N) is 4. The monoisotopic (exact) mass is 832 g/mol. The van der Waals surface area contributed by atoms with Crippen LogP contribution in [-0.4, -0.2) is 113 Å². The smallest absolute Gasteiger partial charge is 0.434 e. The summed E-state index contributed by atoms with van der Waals surface area (Å²) in [5.74, 6) is -1.48. The maximum atomic E-state index is 14.2. The number of halogens is 3. The van der Waals surface area contributed by atoms with Gasteiger partial charge in [-0.05, 0) is 50.3 Å². The molecule has 2 aromatic rings. The average molecular weight is 833 g/mol. The van der Waals surface area contributed by atoms with Crippen LogP contribution in [0.5, 0.6) is 0 Å². The fraction of sp³-hybridized carbons (Fsp3) is 0.694. The molecular formula is C36H51F3N6O7S3. The first-order valence-electron chi connectivity index (χ1n) is 18.3. The lowest BCUT2D eigenvalue weighted by Gasteiger charge is -2.40. The maximum Gasteiger partial charge on any atom is 0.434 e. The quantitative estimate of drug-likeness (QED) is 0.207. The van der Waals surface area contributed by atoms with Gasteiger partial charge < -0.3 is 25.0 Å². The molecule has 0 radical (unpaired) electrons. The van der Waals surface area contributed by atoms with Crippen molar-refractivity contribution in [2.75, 3.05) is 39.3 Å². The Morgan fingerprint density at radius 1 is 1.04 bits per heavy atom. The van der Waals surface area contributed by atoms with Gasteiger partial charge in [0.25, 0.3) is 5.91 Å². The zero-order valence-electron chi connectivity index (χ0n) is 32.1. The Hall–Kier alpha value is -3.29. The number of rotatable bonds is 17. The predicted octanol–water partition coefficient (Wildman–Crippen LogP) is 4.97. The fourth-order valence-corrected chi connectivity index (χ4v) is 9.44. The zero-order chi connectivity index (χ0) is 40.6. The van der Waals surface area contributed by atoms with Crippen molar-refractivity contribution in [1.82, 2.24) is 30.4 Å². The number of piperidine rings is 1. The number of esters is 2. The first-order valence-corrected chi connectivity index (χ1v) is 21.2. The van der Waals surface area contributed by atoms with Crippen LogP contribution in [0, 0.1) is 17.8 Å². The topological polar surface area (TPSA) is 160 Å². The number of thioether (sulfide) groups is 1. The summed E-state index contributed by atoms with van der Waals surface area (Å²) in [6.45, 7) is 7.54. The number of likely N-dealkylation sites (N-methyl/N-ethyl adjacent to an activating group) is 2. The summed E-state index contributed by atoms with van der Waals surface area (Å²) in [5.41, 5.74) is -1.06. The Bertz CT molecular complexity index is 1650. The number of methoxy groups -OCH3 is 1. The van der Waals surface area contributed by atoms with Crippen molar-refractivity contribution in [2.24, 2.45) is 17.8 Å². The van der Waals surface area contributed by atoms with E-state index in [0.29, 0.717) is 5.01 Å². The van der Waals surface area contributed by atoms with E-state index in [1.165, 1.54) is 19.4 Å². The third-order valence-corrected chi connectivity index (χ3v) is 13.2. The molecule has 0 spiro atoms. The minimum absolute atomic E-state index is 0.0170. The van der Waals surface area contributed by atoms with E-state index in [1.807, 2.05) is 25.8 Å². The summed E-state index contributed by atoms with van der Waals surface area (Å²) < 4.78 is 50.2. The highest BCUT2D eigenvalue weighted by Crippen LogP contribution is 2.34. The Labute approximate surface area is 331 Å². The number of thiazole rings is 2. The predicted molar refractivity (Wildman–Crippen MR) is 204 cm³/mol. The minimum atomic E-state index is -4.63. The molecule has 55 heavy (non-hydrogen) atoms. The molecule has 0 saturated carbocycles. The van der Waals surface area contributed by atoms with E-state index in [1.54, 1.807) is 30.6 Å². The van der Waals surface area contributed by atoms with Crippen molar-refractivity contribution in [1.29, 1.82) is 0 Å². The number of carbonyl (C=O) groups is 5. The lowest BCUT2D eigenvalue weighted by Crippen LogP contribution is -2.60. The highest BCUT2D eigenvalue weighted by molar-refractivity contribution is 8.00. The molecule has 0 aromatic carbocycles. The lowest BCUT2D eigenvalue weighted by molar-refractivity contribution is -0.149. The zero-order valence-corrected chi connectivity index (χ0v) is 34.6. The molecule has 4 heterocycles. The molecule has 0 bridgehead atoms. The molecule has 2 aliphatic heterocycles. The van der Waals surface area contributed by atoms with Crippen molar-refractivity contribution < 1.29 is 46.6 Å². The number of aromatic nitrogens is 2. The van der Waals surface area contributed by atoms with Crippen LogP contribution in [0.2, 0.25) is 0 Å². The van der Waals surface area contributed by atoms with Gasteiger partial charge in [0.1, 0.15) is 16.7 Å². The summed E-state index contributed by atoms with van der Waals surface area (Å²) in [4.78, 5) is 77.6. The van der Waals surface area contributed by atoms with Gasteiger partial charge in [0.05, 0.1) is 24.1 Å². The Morgan fingerprint density at radius 3 is 2.31 bits per heavy atom. The number of ether oxygens (including phenoxy) is 2. The van der Waals surface area contributed by atoms with Gasteiger partial charge in [-0.1, -0.05) is 27.2 Å². The van der Waals surface area contributed by atoms with Gasteiger partial charge >= 0.3 is 18.1 Å². The van der Waals surface area contributed by atoms with Crippen LogP contribution in [0.15, 0.2) is 10.8 Å². The summed E-state index contributed by atoms with van der Waals surface area (Å²) in [6, 6.07) is -2.26. The van der Waals surface area contributed by atoms with E-state index in [2.05, 4.69) is 20.6 Å². The molecule has 2 fully saturated rings. The van der Waals surface area contributed by atoms with Crippen molar-refractivity contribution in [2.45, 2.75) is 103 Å². The molecule has 2 saturated heterocycles. The number of hydrogen-bond donors (Lipinski definition) is 2. The molecule has 306 valence electrons. The van der Waals surface area contributed by atoms with E-state index in [0.717, 1.165) is 65.4 Å². The summed E-state index contributed by atoms with van der Waals surface area (Å²) in [6.07, 6.45) is -2.72. The third kappa shape index (κ3) is 12.1. The van der Waals surface area contributed by atoms with Crippen LogP contribution in [0.1, 0.15) is 92.1 Å². The van der Waals surface area contributed by atoms with Crippen LogP contribution < -0.4 is 10.6 Å². The molecule has 0 unspecified atom stereocenters. The molecule has 4 rings (SSSR count). The number of carbonyl (C=O) groups excluding carboxylic acids is 5. The van der Waals surface area contributed by atoms with Crippen LogP contribution in [0.4, 0.5) is 13.2 Å². The number of hydrogen-bond acceptors (Lipinski definition) is 13. The highest BCUT2D eigenvalue weighted by Gasteiger charge is 2.41. The Morgan fingerprint density at radius 2 is 1.75 bits per heavy atom. The normalized spacial score (nSPS) is 19.4.